The molecule has 2 fully saturated rings. The molecule has 0 bridgehead atoms. The highest BCUT2D eigenvalue weighted by molar-refractivity contribution is 5.79. The molecule has 27 heavy (non-hydrogen) atoms. The summed E-state index contributed by atoms with van der Waals surface area (Å²) in [6.45, 7) is 8.01. The molecule has 2 aliphatic rings. The number of aryl methyl sites for hydroxylation is 1. The molecular weight excluding hydrogens is 338 g/mol. The summed E-state index contributed by atoms with van der Waals surface area (Å²) in [6.07, 6.45) is 2.24. The second kappa shape index (κ2) is 8.28. The Labute approximate surface area is 161 Å². The maximum absolute atomic E-state index is 12.9. The molecule has 2 aromatic rings. The van der Waals surface area contributed by atoms with Crippen molar-refractivity contribution in [2.45, 2.75) is 38.9 Å². The highest BCUT2D eigenvalue weighted by Gasteiger charge is 2.34. The van der Waals surface area contributed by atoms with E-state index < -0.39 is 0 Å². The van der Waals surface area contributed by atoms with Crippen molar-refractivity contribution >= 4 is 5.91 Å². The summed E-state index contributed by atoms with van der Waals surface area (Å²) in [7, 11) is 0. The molecule has 1 aliphatic heterocycles. The minimum atomic E-state index is 0.239. The van der Waals surface area contributed by atoms with Crippen molar-refractivity contribution in [2.24, 2.45) is 0 Å². The number of carbonyl (C=O) groups excluding carboxylic acids is 1. The van der Waals surface area contributed by atoms with E-state index in [4.69, 9.17) is 4.42 Å². The van der Waals surface area contributed by atoms with Crippen LogP contribution in [0.1, 0.15) is 29.9 Å². The number of hydrogen-bond acceptors (Lipinski definition) is 4. The van der Waals surface area contributed by atoms with Gasteiger partial charge in [-0.3, -0.25) is 14.6 Å². The zero-order chi connectivity index (χ0) is 18.6. The maximum atomic E-state index is 12.9. The molecule has 1 aliphatic carbocycles. The fourth-order valence-corrected chi connectivity index (χ4v) is 3.77. The van der Waals surface area contributed by atoms with Crippen LogP contribution < -0.4 is 0 Å². The van der Waals surface area contributed by atoms with E-state index in [9.17, 15) is 4.79 Å². The highest BCUT2D eigenvalue weighted by atomic mass is 16.3. The predicted molar refractivity (Wildman–Crippen MR) is 105 cm³/mol. The van der Waals surface area contributed by atoms with E-state index in [-0.39, 0.29) is 5.91 Å². The van der Waals surface area contributed by atoms with E-state index >= 15 is 0 Å². The van der Waals surface area contributed by atoms with Crippen molar-refractivity contribution < 1.29 is 9.21 Å². The molecule has 1 saturated heterocycles. The van der Waals surface area contributed by atoms with Crippen LogP contribution in [0, 0.1) is 6.92 Å². The van der Waals surface area contributed by atoms with Gasteiger partial charge in [0.05, 0.1) is 13.1 Å². The summed E-state index contributed by atoms with van der Waals surface area (Å²) in [5, 5.41) is 0. The Hall–Kier alpha value is -2.11. The number of amides is 1. The van der Waals surface area contributed by atoms with E-state index in [1.807, 2.05) is 24.0 Å². The van der Waals surface area contributed by atoms with Crippen LogP contribution in [0.2, 0.25) is 0 Å². The summed E-state index contributed by atoms with van der Waals surface area (Å²) >= 11 is 0. The largest absolute Gasteiger partial charge is 0.464 e. The van der Waals surface area contributed by atoms with Gasteiger partial charge in [-0.25, -0.2) is 0 Å². The van der Waals surface area contributed by atoms with Crippen LogP contribution >= 0.6 is 0 Å². The Kier molecular flexibility index (Phi) is 5.60. The first-order valence-corrected chi connectivity index (χ1v) is 10.0. The third-order valence-corrected chi connectivity index (χ3v) is 5.50. The molecule has 4 rings (SSSR count). The number of furan rings is 1. The Morgan fingerprint density at radius 1 is 1.04 bits per heavy atom. The quantitative estimate of drug-likeness (QED) is 0.754. The molecule has 1 aromatic heterocycles. The van der Waals surface area contributed by atoms with Gasteiger partial charge in [-0.2, -0.15) is 0 Å². The first kappa shape index (κ1) is 18.3. The zero-order valence-electron chi connectivity index (χ0n) is 16.1. The van der Waals surface area contributed by atoms with Crippen molar-refractivity contribution in [3.8, 4) is 0 Å². The maximum Gasteiger partial charge on any atom is 0.237 e. The average Bonchev–Trinajstić information content (AvgIpc) is 3.43. The molecule has 1 amide bonds. The number of piperazine rings is 1. The molecule has 1 saturated carbocycles. The van der Waals surface area contributed by atoms with Crippen LogP contribution in [0.15, 0.2) is 46.9 Å². The lowest BCUT2D eigenvalue weighted by Crippen LogP contribution is -2.50. The Morgan fingerprint density at radius 3 is 2.37 bits per heavy atom. The number of nitrogens with zero attached hydrogens (tertiary/aromatic N) is 3. The van der Waals surface area contributed by atoms with Gasteiger partial charge in [0.25, 0.3) is 0 Å². The van der Waals surface area contributed by atoms with Crippen molar-refractivity contribution in [3.63, 3.8) is 0 Å². The lowest BCUT2D eigenvalue weighted by molar-refractivity contribution is -0.134. The normalized spacial score (nSPS) is 18.6. The van der Waals surface area contributed by atoms with Gasteiger partial charge in [-0.1, -0.05) is 30.3 Å². The molecule has 0 spiro atoms. The van der Waals surface area contributed by atoms with Gasteiger partial charge in [0, 0.05) is 38.8 Å². The van der Waals surface area contributed by atoms with Gasteiger partial charge in [-0.15, -0.1) is 0 Å². The molecule has 0 N–H and O–H groups in total. The van der Waals surface area contributed by atoms with E-state index in [0.717, 1.165) is 57.1 Å². The summed E-state index contributed by atoms with van der Waals surface area (Å²) < 4.78 is 5.69. The number of carbonyl (C=O) groups is 1. The van der Waals surface area contributed by atoms with E-state index in [0.29, 0.717) is 19.1 Å². The van der Waals surface area contributed by atoms with Crippen molar-refractivity contribution in [3.05, 3.63) is 59.5 Å². The molecular formula is C22H29N3O2. The molecule has 0 radical (unpaired) electrons. The van der Waals surface area contributed by atoms with Gasteiger partial charge >= 0.3 is 0 Å². The molecule has 5 heteroatoms. The summed E-state index contributed by atoms with van der Waals surface area (Å²) in [5.74, 6) is 2.03. The lowest BCUT2D eigenvalue weighted by atomic mass is 10.2. The highest BCUT2D eigenvalue weighted by Crippen LogP contribution is 2.29. The zero-order valence-corrected chi connectivity index (χ0v) is 16.1. The van der Waals surface area contributed by atoms with Crippen LogP contribution in [-0.2, 0) is 17.9 Å². The second-order valence-electron chi connectivity index (χ2n) is 7.80. The summed E-state index contributed by atoms with van der Waals surface area (Å²) in [5.41, 5.74) is 1.36. The molecule has 2 heterocycles. The van der Waals surface area contributed by atoms with Crippen LogP contribution in [0.3, 0.4) is 0 Å². The van der Waals surface area contributed by atoms with Crippen LogP contribution in [0.4, 0.5) is 0 Å². The number of rotatable bonds is 7. The van der Waals surface area contributed by atoms with E-state index in [2.05, 4.69) is 40.1 Å². The van der Waals surface area contributed by atoms with E-state index in [1.54, 1.807) is 0 Å². The molecule has 0 unspecified atom stereocenters. The van der Waals surface area contributed by atoms with Crippen LogP contribution in [0.5, 0.6) is 0 Å². The Bertz CT molecular complexity index is 746. The van der Waals surface area contributed by atoms with Gasteiger partial charge in [-0.05, 0) is 37.5 Å². The lowest BCUT2D eigenvalue weighted by Gasteiger charge is -2.35. The molecule has 0 atom stereocenters. The van der Waals surface area contributed by atoms with Gasteiger partial charge in [0.15, 0.2) is 0 Å². The minimum Gasteiger partial charge on any atom is -0.464 e. The first-order chi connectivity index (χ1) is 13.2. The van der Waals surface area contributed by atoms with E-state index in [1.165, 1.54) is 5.56 Å². The third kappa shape index (κ3) is 4.99. The third-order valence-electron chi connectivity index (χ3n) is 5.50. The average molecular weight is 367 g/mol. The van der Waals surface area contributed by atoms with Gasteiger partial charge in [0.2, 0.25) is 5.91 Å². The van der Waals surface area contributed by atoms with Crippen molar-refractivity contribution in [1.29, 1.82) is 0 Å². The summed E-state index contributed by atoms with van der Waals surface area (Å²) in [6, 6.07) is 15.0. The van der Waals surface area contributed by atoms with Crippen LogP contribution in [0.25, 0.3) is 0 Å². The first-order valence-electron chi connectivity index (χ1n) is 10.0. The van der Waals surface area contributed by atoms with Gasteiger partial charge < -0.3 is 9.32 Å². The van der Waals surface area contributed by atoms with Gasteiger partial charge in [0.1, 0.15) is 11.5 Å². The monoisotopic (exact) mass is 367 g/mol. The number of benzene rings is 1. The summed E-state index contributed by atoms with van der Waals surface area (Å²) in [4.78, 5) is 19.7. The molecule has 144 valence electrons. The molecule has 1 aromatic carbocycles. The Morgan fingerprint density at radius 2 is 1.74 bits per heavy atom. The fourth-order valence-electron chi connectivity index (χ4n) is 3.77. The SMILES string of the molecule is Cc1ccc(CN(C(=O)CN2CCN(Cc3ccccc3)CC2)C2CC2)o1. The number of hydrogen-bond donors (Lipinski definition) is 0. The fraction of sp³-hybridized carbons (Fsp3) is 0.500. The van der Waals surface area contributed by atoms with Crippen LogP contribution in [-0.4, -0.2) is 59.4 Å². The predicted octanol–water partition coefficient (Wildman–Crippen LogP) is 2.90. The van der Waals surface area contributed by atoms with Crippen molar-refractivity contribution in [1.82, 2.24) is 14.7 Å². The standard InChI is InChI=1S/C22H29N3O2/c1-18-7-10-21(27-18)16-25(20-8-9-20)22(26)17-24-13-11-23(12-14-24)15-19-5-3-2-4-6-19/h2-7,10,20H,8-9,11-17H2,1H3. The Balaban J connectivity index is 1.26. The molecule has 5 nitrogen and oxygen atoms in total. The minimum absolute atomic E-state index is 0.239. The van der Waals surface area contributed by atoms with Crippen molar-refractivity contribution in [2.75, 3.05) is 32.7 Å². The smallest absolute Gasteiger partial charge is 0.237 e. The topological polar surface area (TPSA) is 39.9 Å². The second-order valence-corrected chi connectivity index (χ2v) is 7.80.